The molecule has 0 saturated carbocycles. The smallest absolute Gasteiger partial charge is 0.405 e. The Morgan fingerprint density at radius 1 is 1.16 bits per heavy atom. The number of piperidine rings is 1. The minimum Gasteiger partial charge on any atom is -0.465 e. The zero-order chi connectivity index (χ0) is 21.4. The van der Waals surface area contributed by atoms with Crippen LogP contribution in [0, 0.1) is 11.2 Å². The number of fused-ring (bicyclic) bond motifs is 1. The Bertz CT molecular complexity index is 1080. The Morgan fingerprint density at radius 3 is 2.61 bits per heavy atom. The average molecular weight is 424 g/mol. The van der Waals surface area contributed by atoms with Crippen LogP contribution in [0.4, 0.5) is 15.0 Å². The van der Waals surface area contributed by atoms with E-state index in [0.29, 0.717) is 18.2 Å². The molecule has 2 aliphatic heterocycles. The van der Waals surface area contributed by atoms with Crippen LogP contribution in [0.15, 0.2) is 48.9 Å². The topological polar surface area (TPSA) is 105 Å². The molecule has 1 spiro atoms. The van der Waals surface area contributed by atoms with Crippen molar-refractivity contribution < 1.29 is 19.0 Å². The quantitative estimate of drug-likeness (QED) is 0.662. The van der Waals surface area contributed by atoms with Gasteiger partial charge in [0, 0.05) is 31.2 Å². The molecule has 10 heteroatoms. The van der Waals surface area contributed by atoms with Gasteiger partial charge in [0.25, 0.3) is 0 Å². The summed E-state index contributed by atoms with van der Waals surface area (Å²) in [4.78, 5) is 22.3. The molecule has 0 bridgehead atoms. The normalized spacial score (nSPS) is 19.3. The summed E-state index contributed by atoms with van der Waals surface area (Å²) in [6.07, 6.45) is 5.49. The summed E-state index contributed by atoms with van der Waals surface area (Å²) in [6, 6.07) is 7.32. The Balaban J connectivity index is 1.25. The first kappa shape index (κ1) is 19.3. The monoisotopic (exact) mass is 424 g/mol. The number of nitrogens with one attached hydrogen (secondary N) is 1. The fourth-order valence-corrected chi connectivity index (χ4v) is 4.55. The number of amides is 1. The van der Waals surface area contributed by atoms with Crippen LogP contribution >= 0.6 is 0 Å². The van der Waals surface area contributed by atoms with Crippen LogP contribution in [0.1, 0.15) is 24.6 Å². The van der Waals surface area contributed by atoms with E-state index in [4.69, 9.17) is 4.74 Å². The standard InChI is InChI=1S/C21H21FN6O3/c22-14-1-3-15(4-2-14)31-18-12-23-17(11-24-18)27-9-6-21(7-10-27)13-28-16(5-8-25-28)19(21)26-20(29)30/h1-5,8,11-12,19,26H,6-7,9-10,13H2,(H,29,30)/t19-/m1/s1. The van der Waals surface area contributed by atoms with Gasteiger partial charge in [-0.15, -0.1) is 0 Å². The summed E-state index contributed by atoms with van der Waals surface area (Å²) < 4.78 is 20.5. The second kappa shape index (κ2) is 7.53. The Kier molecular flexibility index (Phi) is 4.68. The number of rotatable bonds is 4. The van der Waals surface area contributed by atoms with Gasteiger partial charge in [-0.25, -0.2) is 19.2 Å². The van der Waals surface area contributed by atoms with Crippen LogP contribution in [0.3, 0.4) is 0 Å². The van der Waals surface area contributed by atoms with Gasteiger partial charge in [-0.05, 0) is 43.2 Å². The number of hydrogen-bond donors (Lipinski definition) is 2. The van der Waals surface area contributed by atoms with E-state index in [1.165, 1.54) is 24.3 Å². The maximum Gasteiger partial charge on any atom is 0.405 e. The lowest BCUT2D eigenvalue weighted by molar-refractivity contribution is 0.133. The third-order valence-corrected chi connectivity index (χ3v) is 6.12. The van der Waals surface area contributed by atoms with Gasteiger partial charge in [-0.1, -0.05) is 0 Å². The van der Waals surface area contributed by atoms with E-state index < -0.39 is 6.09 Å². The zero-order valence-electron chi connectivity index (χ0n) is 16.6. The van der Waals surface area contributed by atoms with Crippen molar-refractivity contribution in [2.24, 2.45) is 5.41 Å². The highest BCUT2D eigenvalue weighted by molar-refractivity contribution is 5.65. The van der Waals surface area contributed by atoms with E-state index in [9.17, 15) is 14.3 Å². The molecule has 2 N–H and O–H groups in total. The molecule has 31 heavy (non-hydrogen) atoms. The van der Waals surface area contributed by atoms with E-state index in [-0.39, 0.29) is 17.3 Å². The van der Waals surface area contributed by atoms with Gasteiger partial charge >= 0.3 is 6.09 Å². The lowest BCUT2D eigenvalue weighted by atomic mass is 9.73. The molecule has 3 aromatic rings. The predicted molar refractivity (Wildman–Crippen MR) is 109 cm³/mol. The number of carboxylic acid groups (broad SMARTS) is 1. The largest absolute Gasteiger partial charge is 0.465 e. The van der Waals surface area contributed by atoms with Crippen molar-refractivity contribution in [2.45, 2.75) is 25.4 Å². The van der Waals surface area contributed by atoms with Crippen LogP contribution in [-0.2, 0) is 6.54 Å². The van der Waals surface area contributed by atoms with Gasteiger partial charge in [0.2, 0.25) is 5.88 Å². The van der Waals surface area contributed by atoms with Gasteiger partial charge in [-0.3, -0.25) is 4.68 Å². The molecule has 0 radical (unpaired) electrons. The van der Waals surface area contributed by atoms with Gasteiger partial charge < -0.3 is 20.1 Å². The highest BCUT2D eigenvalue weighted by Crippen LogP contribution is 2.49. The van der Waals surface area contributed by atoms with Crippen LogP contribution in [0.25, 0.3) is 0 Å². The van der Waals surface area contributed by atoms with E-state index in [1.807, 2.05) is 10.7 Å². The lowest BCUT2D eigenvalue weighted by Gasteiger charge is -2.42. The van der Waals surface area contributed by atoms with Gasteiger partial charge in [0.15, 0.2) is 0 Å². The summed E-state index contributed by atoms with van der Waals surface area (Å²) in [6.45, 7) is 2.16. The van der Waals surface area contributed by atoms with E-state index in [1.54, 1.807) is 18.6 Å². The summed E-state index contributed by atoms with van der Waals surface area (Å²) >= 11 is 0. The fourth-order valence-electron chi connectivity index (χ4n) is 4.55. The zero-order valence-corrected chi connectivity index (χ0v) is 16.6. The van der Waals surface area contributed by atoms with Crippen molar-refractivity contribution >= 4 is 11.9 Å². The van der Waals surface area contributed by atoms with Crippen molar-refractivity contribution in [2.75, 3.05) is 18.0 Å². The number of carbonyl (C=O) groups is 1. The molecule has 0 unspecified atom stereocenters. The van der Waals surface area contributed by atoms with Gasteiger partial charge in [0.05, 0.1) is 24.1 Å². The molecule has 1 atom stereocenters. The number of nitrogens with zero attached hydrogens (tertiary/aromatic N) is 5. The van der Waals surface area contributed by atoms with Crippen LogP contribution in [0.2, 0.25) is 0 Å². The van der Waals surface area contributed by atoms with Crippen LogP contribution in [0.5, 0.6) is 11.6 Å². The third-order valence-electron chi connectivity index (χ3n) is 6.12. The second-order valence-corrected chi connectivity index (χ2v) is 7.91. The molecule has 160 valence electrons. The molecule has 1 fully saturated rings. The fraction of sp³-hybridized carbons (Fsp3) is 0.333. The first-order valence-electron chi connectivity index (χ1n) is 10.0. The van der Waals surface area contributed by atoms with Crippen LogP contribution in [-0.4, -0.2) is 44.0 Å². The molecule has 2 aliphatic rings. The maximum absolute atomic E-state index is 13.0. The predicted octanol–water partition coefficient (Wildman–Crippen LogP) is 3.21. The molecule has 0 aliphatic carbocycles. The Labute approximate surface area is 177 Å². The van der Waals surface area contributed by atoms with Crippen molar-refractivity contribution in [3.63, 3.8) is 0 Å². The molecule has 4 heterocycles. The Morgan fingerprint density at radius 2 is 1.94 bits per heavy atom. The first-order valence-corrected chi connectivity index (χ1v) is 10.0. The first-order chi connectivity index (χ1) is 15.0. The second-order valence-electron chi connectivity index (χ2n) is 7.91. The molecule has 9 nitrogen and oxygen atoms in total. The summed E-state index contributed by atoms with van der Waals surface area (Å²) in [5.74, 6) is 1.22. The lowest BCUT2D eigenvalue weighted by Crippen LogP contribution is -2.47. The summed E-state index contributed by atoms with van der Waals surface area (Å²) in [7, 11) is 0. The summed E-state index contributed by atoms with van der Waals surface area (Å²) in [5.41, 5.74) is 0.718. The average Bonchev–Trinajstić information content (AvgIpc) is 3.32. The number of hydrogen-bond acceptors (Lipinski definition) is 6. The Hall–Kier alpha value is -3.69. The van der Waals surface area contributed by atoms with E-state index >= 15 is 0 Å². The number of aromatic nitrogens is 4. The molecule has 2 aromatic heterocycles. The van der Waals surface area contributed by atoms with Gasteiger partial charge in [-0.2, -0.15) is 5.10 Å². The number of anilines is 1. The minimum atomic E-state index is -1.02. The summed E-state index contributed by atoms with van der Waals surface area (Å²) in [5, 5.41) is 16.4. The molecular formula is C21H21FN6O3. The highest BCUT2D eigenvalue weighted by Gasteiger charge is 2.49. The molecule has 1 amide bonds. The minimum absolute atomic E-state index is 0.197. The van der Waals surface area contributed by atoms with E-state index in [0.717, 1.165) is 37.4 Å². The highest BCUT2D eigenvalue weighted by atomic mass is 19.1. The van der Waals surface area contributed by atoms with Crippen molar-refractivity contribution in [3.05, 3.63) is 60.4 Å². The number of benzene rings is 1. The van der Waals surface area contributed by atoms with Crippen molar-refractivity contribution in [1.29, 1.82) is 0 Å². The van der Waals surface area contributed by atoms with Crippen molar-refractivity contribution in [1.82, 2.24) is 25.1 Å². The maximum atomic E-state index is 13.0. The molecule has 1 saturated heterocycles. The van der Waals surface area contributed by atoms with E-state index in [2.05, 4.69) is 25.3 Å². The molecule has 1 aromatic carbocycles. The van der Waals surface area contributed by atoms with Gasteiger partial charge in [0.1, 0.15) is 17.4 Å². The third kappa shape index (κ3) is 3.65. The van der Waals surface area contributed by atoms with Crippen molar-refractivity contribution in [3.8, 4) is 11.6 Å². The molecule has 5 rings (SSSR count). The molecular weight excluding hydrogens is 403 g/mol. The number of ether oxygens (including phenoxy) is 1. The SMILES string of the molecule is O=C(O)N[C@@H]1c2ccnn2CC12CCN(c1cnc(Oc3ccc(F)cc3)cn1)CC2. The number of halogens is 1. The van der Waals surface area contributed by atoms with Crippen LogP contribution < -0.4 is 15.0 Å².